The minimum Gasteiger partial charge on any atom is -0.352 e. The summed E-state index contributed by atoms with van der Waals surface area (Å²) in [6, 6.07) is 18.8. The molecular formula is C23H18Cl2N4O. The summed E-state index contributed by atoms with van der Waals surface area (Å²) in [6.07, 6.45) is 5.60. The van der Waals surface area contributed by atoms with Gasteiger partial charge in [-0.1, -0.05) is 47.5 Å². The number of carbonyl (C=O) groups excluding carboxylic acids is 1. The Labute approximate surface area is 184 Å². The zero-order valence-electron chi connectivity index (χ0n) is 15.9. The SMILES string of the molecule is O=C(Cc1ccc(Cl)c(Cl)c1)NCc1cn(-c2ccccc2)nc1-c1ccncc1. The van der Waals surface area contributed by atoms with Crippen molar-refractivity contribution in [1.82, 2.24) is 20.1 Å². The molecule has 0 bridgehead atoms. The number of hydrogen-bond donors (Lipinski definition) is 1. The van der Waals surface area contributed by atoms with Gasteiger partial charge in [0.15, 0.2) is 0 Å². The Morgan fingerprint density at radius 3 is 2.47 bits per heavy atom. The summed E-state index contributed by atoms with van der Waals surface area (Å²) in [5, 5.41) is 8.62. The zero-order valence-corrected chi connectivity index (χ0v) is 17.4. The van der Waals surface area contributed by atoms with Crippen molar-refractivity contribution in [3.05, 3.63) is 100 Å². The third kappa shape index (κ3) is 4.70. The lowest BCUT2D eigenvalue weighted by molar-refractivity contribution is -0.120. The molecule has 4 rings (SSSR count). The molecule has 5 nitrogen and oxygen atoms in total. The quantitative estimate of drug-likeness (QED) is 0.457. The highest BCUT2D eigenvalue weighted by Crippen LogP contribution is 2.24. The van der Waals surface area contributed by atoms with E-state index in [1.54, 1.807) is 30.6 Å². The molecular weight excluding hydrogens is 419 g/mol. The number of halogens is 2. The highest BCUT2D eigenvalue weighted by Gasteiger charge is 2.14. The van der Waals surface area contributed by atoms with Gasteiger partial charge in [0.1, 0.15) is 0 Å². The topological polar surface area (TPSA) is 59.8 Å². The number of hydrogen-bond acceptors (Lipinski definition) is 3. The lowest BCUT2D eigenvalue weighted by atomic mass is 10.1. The fraction of sp³-hybridized carbons (Fsp3) is 0.0870. The summed E-state index contributed by atoms with van der Waals surface area (Å²) in [4.78, 5) is 16.6. The molecule has 30 heavy (non-hydrogen) atoms. The molecule has 0 saturated heterocycles. The van der Waals surface area contributed by atoms with Crippen molar-refractivity contribution in [3.63, 3.8) is 0 Å². The molecule has 0 saturated carbocycles. The molecule has 0 atom stereocenters. The molecule has 0 unspecified atom stereocenters. The Kier molecular flexibility index (Phi) is 6.12. The first-order chi connectivity index (χ1) is 14.6. The zero-order chi connectivity index (χ0) is 20.9. The van der Waals surface area contributed by atoms with Crippen LogP contribution in [0.25, 0.3) is 16.9 Å². The van der Waals surface area contributed by atoms with E-state index in [2.05, 4.69) is 10.3 Å². The van der Waals surface area contributed by atoms with Crippen LogP contribution in [0.1, 0.15) is 11.1 Å². The lowest BCUT2D eigenvalue weighted by Crippen LogP contribution is -2.24. The minimum atomic E-state index is -0.110. The molecule has 1 N–H and O–H groups in total. The van der Waals surface area contributed by atoms with Crippen LogP contribution in [0.4, 0.5) is 0 Å². The number of nitrogens with one attached hydrogen (secondary N) is 1. The number of rotatable bonds is 6. The average Bonchev–Trinajstić information content (AvgIpc) is 3.20. The highest BCUT2D eigenvalue weighted by atomic mass is 35.5. The van der Waals surface area contributed by atoms with Gasteiger partial charge >= 0.3 is 0 Å². The van der Waals surface area contributed by atoms with Gasteiger partial charge in [0.25, 0.3) is 0 Å². The van der Waals surface area contributed by atoms with Gasteiger partial charge in [-0.25, -0.2) is 4.68 Å². The van der Waals surface area contributed by atoms with Gasteiger partial charge in [-0.2, -0.15) is 5.10 Å². The normalized spacial score (nSPS) is 10.7. The minimum absolute atomic E-state index is 0.110. The number of para-hydroxylation sites is 1. The monoisotopic (exact) mass is 436 g/mol. The Morgan fingerprint density at radius 1 is 0.967 bits per heavy atom. The van der Waals surface area contributed by atoms with Gasteiger partial charge in [0.05, 0.1) is 27.8 Å². The van der Waals surface area contributed by atoms with E-state index in [1.807, 2.05) is 53.3 Å². The smallest absolute Gasteiger partial charge is 0.224 e. The van der Waals surface area contributed by atoms with Gasteiger partial charge < -0.3 is 5.32 Å². The molecule has 0 aliphatic carbocycles. The van der Waals surface area contributed by atoms with E-state index in [0.717, 1.165) is 28.1 Å². The van der Waals surface area contributed by atoms with Crippen LogP contribution in [0, 0.1) is 0 Å². The number of pyridine rings is 1. The number of aromatic nitrogens is 3. The van der Waals surface area contributed by atoms with Crippen LogP contribution in [0.5, 0.6) is 0 Å². The number of carbonyl (C=O) groups is 1. The maximum atomic E-state index is 12.5. The van der Waals surface area contributed by atoms with Crippen molar-refractivity contribution in [2.75, 3.05) is 0 Å². The van der Waals surface area contributed by atoms with Gasteiger partial charge in [0, 0.05) is 36.3 Å². The summed E-state index contributed by atoms with van der Waals surface area (Å²) in [5.41, 5.74) is 4.40. The summed E-state index contributed by atoms with van der Waals surface area (Å²) < 4.78 is 1.82. The summed E-state index contributed by atoms with van der Waals surface area (Å²) in [5.74, 6) is -0.110. The number of benzene rings is 2. The Balaban J connectivity index is 1.54. The van der Waals surface area contributed by atoms with Crippen molar-refractivity contribution in [1.29, 1.82) is 0 Å². The second kappa shape index (κ2) is 9.11. The average molecular weight is 437 g/mol. The summed E-state index contributed by atoms with van der Waals surface area (Å²) >= 11 is 12.0. The van der Waals surface area contributed by atoms with Crippen molar-refractivity contribution in [2.24, 2.45) is 0 Å². The fourth-order valence-corrected chi connectivity index (χ4v) is 3.42. The molecule has 4 aromatic rings. The second-order valence-electron chi connectivity index (χ2n) is 6.72. The van der Waals surface area contributed by atoms with Crippen LogP contribution in [0.2, 0.25) is 10.0 Å². The van der Waals surface area contributed by atoms with E-state index in [1.165, 1.54) is 0 Å². The van der Waals surface area contributed by atoms with Gasteiger partial charge in [0.2, 0.25) is 5.91 Å². The molecule has 0 aliphatic heterocycles. The highest BCUT2D eigenvalue weighted by molar-refractivity contribution is 6.42. The molecule has 7 heteroatoms. The van der Waals surface area contributed by atoms with E-state index < -0.39 is 0 Å². The third-order valence-corrected chi connectivity index (χ3v) is 5.33. The maximum Gasteiger partial charge on any atom is 0.224 e. The van der Waals surface area contributed by atoms with E-state index in [9.17, 15) is 4.79 Å². The molecule has 0 radical (unpaired) electrons. The summed E-state index contributed by atoms with van der Waals surface area (Å²) in [7, 11) is 0. The van der Waals surface area contributed by atoms with E-state index >= 15 is 0 Å². The third-order valence-electron chi connectivity index (χ3n) is 4.59. The standard InChI is InChI=1S/C23H18Cl2N4O/c24-20-7-6-16(12-21(20)25)13-22(30)27-14-18-15-29(19-4-2-1-3-5-19)28-23(18)17-8-10-26-11-9-17/h1-12,15H,13-14H2,(H,27,30). The molecule has 0 fully saturated rings. The second-order valence-corrected chi connectivity index (χ2v) is 7.54. The Hall–Kier alpha value is -3.15. The Bertz CT molecular complexity index is 1160. The van der Waals surface area contributed by atoms with E-state index in [0.29, 0.717) is 16.6 Å². The maximum absolute atomic E-state index is 12.5. The molecule has 1 amide bonds. The van der Waals surface area contributed by atoms with Crippen LogP contribution in [0.15, 0.2) is 79.3 Å². The van der Waals surface area contributed by atoms with Crippen molar-refractivity contribution in [3.8, 4) is 16.9 Å². The van der Waals surface area contributed by atoms with Gasteiger partial charge in [-0.15, -0.1) is 0 Å². The summed E-state index contributed by atoms with van der Waals surface area (Å²) in [6.45, 7) is 0.352. The fourth-order valence-electron chi connectivity index (χ4n) is 3.10. The molecule has 150 valence electrons. The van der Waals surface area contributed by atoms with Crippen LogP contribution < -0.4 is 5.32 Å². The van der Waals surface area contributed by atoms with Gasteiger partial charge in [-0.05, 0) is 42.0 Å². The van der Waals surface area contributed by atoms with Crippen molar-refractivity contribution >= 4 is 29.1 Å². The van der Waals surface area contributed by atoms with Crippen molar-refractivity contribution < 1.29 is 4.79 Å². The van der Waals surface area contributed by atoms with Crippen LogP contribution in [0.3, 0.4) is 0 Å². The predicted molar refractivity (Wildman–Crippen MR) is 119 cm³/mol. The number of nitrogens with zero attached hydrogens (tertiary/aromatic N) is 3. The van der Waals surface area contributed by atoms with E-state index in [4.69, 9.17) is 28.3 Å². The first-order valence-electron chi connectivity index (χ1n) is 9.35. The van der Waals surface area contributed by atoms with E-state index in [-0.39, 0.29) is 12.3 Å². The molecule has 2 heterocycles. The first kappa shape index (κ1) is 20.1. The number of amides is 1. The van der Waals surface area contributed by atoms with Crippen molar-refractivity contribution in [2.45, 2.75) is 13.0 Å². The van der Waals surface area contributed by atoms with Crippen LogP contribution in [-0.4, -0.2) is 20.7 Å². The molecule has 0 spiro atoms. The first-order valence-corrected chi connectivity index (χ1v) is 10.1. The molecule has 2 aromatic heterocycles. The van der Waals surface area contributed by atoms with Crippen LogP contribution in [-0.2, 0) is 17.8 Å². The molecule has 2 aromatic carbocycles. The van der Waals surface area contributed by atoms with Crippen LogP contribution >= 0.6 is 23.2 Å². The predicted octanol–water partition coefficient (Wildman–Crippen LogP) is 5.10. The van der Waals surface area contributed by atoms with Gasteiger partial charge in [-0.3, -0.25) is 9.78 Å². The Morgan fingerprint density at radius 2 is 1.73 bits per heavy atom. The molecule has 0 aliphatic rings. The lowest BCUT2D eigenvalue weighted by Gasteiger charge is -2.07. The largest absolute Gasteiger partial charge is 0.352 e.